The van der Waals surface area contributed by atoms with E-state index in [1.165, 1.54) is 5.56 Å². The maximum atomic E-state index is 6.08. The number of hydrogen-bond acceptors (Lipinski definition) is 5. The zero-order valence-corrected chi connectivity index (χ0v) is 13.4. The van der Waals surface area contributed by atoms with Crippen LogP contribution in [0.2, 0.25) is 0 Å². The van der Waals surface area contributed by atoms with Crippen LogP contribution in [0.4, 0.5) is 0 Å². The predicted octanol–water partition coefficient (Wildman–Crippen LogP) is 1.63. The second kappa shape index (κ2) is 5.94. The van der Waals surface area contributed by atoms with E-state index in [0.29, 0.717) is 5.88 Å². The molecule has 2 saturated heterocycles. The van der Waals surface area contributed by atoms with Gasteiger partial charge >= 0.3 is 0 Å². The molecule has 0 unspecified atom stereocenters. The number of pyridine rings is 1. The average Bonchev–Trinajstić information content (AvgIpc) is 2.92. The largest absolute Gasteiger partial charge is 0.474 e. The van der Waals surface area contributed by atoms with Gasteiger partial charge in [-0.1, -0.05) is 6.07 Å². The quantitative estimate of drug-likeness (QED) is 0.858. The van der Waals surface area contributed by atoms with E-state index < -0.39 is 0 Å². The van der Waals surface area contributed by atoms with Gasteiger partial charge < -0.3 is 9.47 Å². The van der Waals surface area contributed by atoms with E-state index in [9.17, 15) is 0 Å². The summed E-state index contributed by atoms with van der Waals surface area (Å²) in [5.74, 6) is 0.709. The van der Waals surface area contributed by atoms with Crippen LogP contribution in [-0.4, -0.2) is 51.1 Å². The summed E-state index contributed by atoms with van der Waals surface area (Å²) in [5.41, 5.74) is 1.21. The van der Waals surface area contributed by atoms with Crippen LogP contribution < -0.4 is 4.74 Å². The highest BCUT2D eigenvalue weighted by atomic mass is 16.5. The lowest BCUT2D eigenvalue weighted by atomic mass is 9.84. The highest BCUT2D eigenvalue weighted by Crippen LogP contribution is 2.36. The molecule has 0 aromatic carbocycles. The topological polar surface area (TPSA) is 52.4 Å². The van der Waals surface area contributed by atoms with Crippen molar-refractivity contribution in [1.82, 2.24) is 19.7 Å². The highest BCUT2D eigenvalue weighted by Gasteiger charge is 2.48. The molecule has 1 spiro atoms. The van der Waals surface area contributed by atoms with Crippen molar-refractivity contribution in [1.29, 1.82) is 0 Å². The maximum Gasteiger partial charge on any atom is 0.213 e. The number of hydrogen-bond donors (Lipinski definition) is 0. The number of likely N-dealkylation sites (tertiary alicyclic amines) is 1. The van der Waals surface area contributed by atoms with Gasteiger partial charge in [-0.2, -0.15) is 5.10 Å². The Morgan fingerprint density at radius 3 is 3.04 bits per heavy atom. The molecule has 23 heavy (non-hydrogen) atoms. The lowest BCUT2D eigenvalue weighted by Crippen LogP contribution is -2.65. The molecule has 2 aliphatic heterocycles. The zero-order valence-electron chi connectivity index (χ0n) is 13.4. The Morgan fingerprint density at radius 2 is 2.30 bits per heavy atom. The summed E-state index contributed by atoms with van der Waals surface area (Å²) in [5, 5.41) is 4.22. The summed E-state index contributed by atoms with van der Waals surface area (Å²) < 4.78 is 13.9. The first-order valence-corrected chi connectivity index (χ1v) is 8.12. The van der Waals surface area contributed by atoms with Crippen molar-refractivity contribution in [3.8, 4) is 5.88 Å². The fourth-order valence-corrected chi connectivity index (χ4v) is 3.58. The minimum absolute atomic E-state index is 0.0418. The second-order valence-corrected chi connectivity index (χ2v) is 6.60. The van der Waals surface area contributed by atoms with Crippen molar-refractivity contribution in [2.75, 3.05) is 19.7 Å². The van der Waals surface area contributed by atoms with Crippen molar-refractivity contribution in [3.63, 3.8) is 0 Å². The maximum absolute atomic E-state index is 6.08. The Bertz CT molecular complexity index is 652. The number of aryl methyl sites for hydroxylation is 1. The number of nitrogens with zero attached hydrogens (tertiary/aromatic N) is 4. The van der Waals surface area contributed by atoms with Gasteiger partial charge in [0, 0.05) is 63.5 Å². The van der Waals surface area contributed by atoms with Gasteiger partial charge in [0.15, 0.2) is 0 Å². The molecule has 1 atom stereocenters. The van der Waals surface area contributed by atoms with E-state index in [1.54, 1.807) is 6.20 Å². The molecule has 122 valence electrons. The minimum atomic E-state index is -0.0418. The average molecular weight is 314 g/mol. The molecule has 6 heteroatoms. The molecule has 0 N–H and O–H groups in total. The van der Waals surface area contributed by atoms with Gasteiger partial charge in [-0.25, -0.2) is 4.98 Å². The smallest absolute Gasteiger partial charge is 0.213 e. The highest BCUT2D eigenvalue weighted by molar-refractivity contribution is 5.12. The molecule has 2 fully saturated rings. The van der Waals surface area contributed by atoms with E-state index >= 15 is 0 Å². The number of aromatic nitrogens is 3. The van der Waals surface area contributed by atoms with Crippen LogP contribution in [0.15, 0.2) is 36.8 Å². The summed E-state index contributed by atoms with van der Waals surface area (Å²) in [7, 11) is 1.95. The van der Waals surface area contributed by atoms with Crippen LogP contribution in [0.5, 0.6) is 5.88 Å². The summed E-state index contributed by atoms with van der Waals surface area (Å²) in [6.45, 7) is 3.62. The SMILES string of the molecule is Cn1cc(CN2CC3(C[C@@H](Oc4ccccn4)CCO3)C2)cn1. The van der Waals surface area contributed by atoms with Gasteiger partial charge in [-0.15, -0.1) is 0 Å². The van der Waals surface area contributed by atoms with Crippen molar-refractivity contribution in [2.45, 2.75) is 31.1 Å². The molecule has 2 aromatic heterocycles. The molecule has 2 aliphatic rings. The van der Waals surface area contributed by atoms with Gasteiger partial charge in [0.25, 0.3) is 0 Å². The van der Waals surface area contributed by atoms with Crippen LogP contribution in [-0.2, 0) is 18.3 Å². The molecule has 2 aromatic rings. The van der Waals surface area contributed by atoms with Crippen LogP contribution in [0, 0.1) is 0 Å². The monoisotopic (exact) mass is 314 g/mol. The van der Waals surface area contributed by atoms with Crippen molar-refractivity contribution < 1.29 is 9.47 Å². The van der Waals surface area contributed by atoms with Crippen molar-refractivity contribution >= 4 is 0 Å². The molecular formula is C17H22N4O2. The Balaban J connectivity index is 1.32. The third-order valence-corrected chi connectivity index (χ3v) is 4.56. The van der Waals surface area contributed by atoms with E-state index in [4.69, 9.17) is 9.47 Å². The first-order chi connectivity index (χ1) is 11.2. The summed E-state index contributed by atoms with van der Waals surface area (Å²) in [6, 6.07) is 5.77. The summed E-state index contributed by atoms with van der Waals surface area (Å²) in [4.78, 5) is 6.66. The molecule has 0 bridgehead atoms. The minimum Gasteiger partial charge on any atom is -0.474 e. The van der Waals surface area contributed by atoms with E-state index in [2.05, 4.69) is 21.2 Å². The van der Waals surface area contributed by atoms with Crippen LogP contribution in [0.1, 0.15) is 18.4 Å². The molecule has 4 heterocycles. The third kappa shape index (κ3) is 3.23. The van der Waals surface area contributed by atoms with Crippen LogP contribution in [0.3, 0.4) is 0 Å². The van der Waals surface area contributed by atoms with Gasteiger partial charge in [0.1, 0.15) is 6.10 Å². The second-order valence-electron chi connectivity index (χ2n) is 6.60. The molecular weight excluding hydrogens is 292 g/mol. The Morgan fingerprint density at radius 1 is 1.39 bits per heavy atom. The normalized spacial score (nSPS) is 23.6. The molecule has 6 nitrogen and oxygen atoms in total. The molecule has 0 saturated carbocycles. The summed E-state index contributed by atoms with van der Waals surface area (Å²) in [6.07, 6.45) is 7.83. The Hall–Kier alpha value is -1.92. The van der Waals surface area contributed by atoms with Crippen molar-refractivity contribution in [2.24, 2.45) is 7.05 Å². The van der Waals surface area contributed by atoms with Crippen LogP contribution >= 0.6 is 0 Å². The molecule has 0 aliphatic carbocycles. The van der Waals surface area contributed by atoms with Crippen LogP contribution in [0.25, 0.3) is 0 Å². The van der Waals surface area contributed by atoms with Gasteiger partial charge in [-0.05, 0) is 6.07 Å². The molecule has 0 amide bonds. The first kappa shape index (κ1) is 14.7. The Kier molecular flexibility index (Phi) is 3.79. The standard InChI is InChI=1S/C17H22N4O2/c1-20-10-14(9-19-20)11-21-12-17(13-21)8-15(5-7-22-17)23-16-4-2-3-6-18-16/h2-4,6,9-10,15H,5,7-8,11-13H2,1H3/t15-/m0/s1. The predicted molar refractivity (Wildman–Crippen MR) is 85.1 cm³/mol. The van der Waals surface area contributed by atoms with E-state index in [0.717, 1.165) is 39.1 Å². The Labute approximate surface area is 136 Å². The van der Waals surface area contributed by atoms with Crippen molar-refractivity contribution in [3.05, 3.63) is 42.4 Å². The van der Waals surface area contributed by atoms with E-state index in [1.807, 2.05) is 36.1 Å². The van der Waals surface area contributed by atoms with Gasteiger partial charge in [-0.3, -0.25) is 9.58 Å². The fraction of sp³-hybridized carbons (Fsp3) is 0.529. The lowest BCUT2D eigenvalue weighted by Gasteiger charge is -2.53. The third-order valence-electron chi connectivity index (χ3n) is 4.56. The number of rotatable bonds is 4. The number of ether oxygens (including phenoxy) is 2. The lowest BCUT2D eigenvalue weighted by molar-refractivity contribution is -0.188. The first-order valence-electron chi connectivity index (χ1n) is 8.12. The molecule has 4 rings (SSSR count). The van der Waals surface area contributed by atoms with Gasteiger partial charge in [0.05, 0.1) is 18.4 Å². The van der Waals surface area contributed by atoms with E-state index in [-0.39, 0.29) is 11.7 Å². The zero-order chi connectivity index (χ0) is 15.7. The summed E-state index contributed by atoms with van der Waals surface area (Å²) >= 11 is 0. The van der Waals surface area contributed by atoms with Gasteiger partial charge in [0.2, 0.25) is 5.88 Å². The molecule has 0 radical (unpaired) electrons. The fourth-order valence-electron chi connectivity index (χ4n) is 3.58.